The standard InChI is InChI=1S/C93H136N26O20S/c1-53(109-79(127)62(94)41-55-31-33-59(121)34-32-55)78(126)107-48-76(124)110-67(42-54-19-6-5-7-20-54)81(129)102-35-13-4-2-3-8-30-75(123)106-47-63(95)80(128)112-64(25-14-36-103-91(96)97)82(130)113-65(26-15-37-104-92(98)99)86(134)116-39-17-29-71(116)88(136)118-51-60(122)45-72(118)84(132)108-49-77(125)111-68(46-61-24-18-40-140-61)83(131)115-69(52-120)87(135)117-50-58-23-10-9-21-56(58)43-74(117)89(137)119-70-28-12-11-22-57(70)44-73(119)85(133)114-66(90(138)139)27-16-38-105-93(100)101/h5-7,9-10,18-21,23-24,31-34,40,53,57,60,62-74,120-122H,2-4,8,11-17,22,25-30,35-39,41-52,94-95H2,1H3,(H,102,129)(H,106,123)(H,107,126)(H,108,132)(H,109,127)(H,110,124)(H,111,125)(H,112,128)(H,113,130)(H,114,133)(H,115,131)(H,138,139)(H4,96,97,103)(H4,98,99,104)(H4,100,101,105)/t53-,57?,60?,62+,63?,64-,65+,66+,67+,68?,69+,70?,71+,72?,73?,74-/m1/s1. The van der Waals surface area contributed by atoms with Crippen LogP contribution in [0.15, 0.2) is 96.4 Å². The Bertz CT molecular complexity index is 4970. The number of carbonyl (C=O) groups is 16. The number of aliphatic hydroxyl groups is 2. The normalized spacial score (nSPS) is 19.4. The Hall–Kier alpha value is -13.7. The van der Waals surface area contributed by atoms with Gasteiger partial charge in [-0.05, 0) is 149 Å². The number of hydrogen-bond acceptors (Lipinski definition) is 25. The van der Waals surface area contributed by atoms with Gasteiger partial charge in [-0.1, -0.05) is 105 Å². The number of benzene rings is 3. The Kier molecular flexibility index (Phi) is 43.4. The van der Waals surface area contributed by atoms with Crippen molar-refractivity contribution in [1.82, 2.24) is 94.0 Å². The van der Waals surface area contributed by atoms with Crippen LogP contribution in [0.2, 0.25) is 0 Å². The van der Waals surface area contributed by atoms with Crippen LogP contribution in [0.3, 0.4) is 0 Å². The van der Waals surface area contributed by atoms with Gasteiger partial charge in [0, 0.05) is 95.4 Å². The van der Waals surface area contributed by atoms with Crippen molar-refractivity contribution in [3.05, 3.63) is 124 Å². The number of fused-ring (bicyclic) bond motifs is 2. The second-order valence-corrected chi connectivity index (χ2v) is 37.0. The minimum atomic E-state index is -1.72. The van der Waals surface area contributed by atoms with E-state index in [1.54, 1.807) is 84.2 Å². The summed E-state index contributed by atoms with van der Waals surface area (Å²) in [6, 6.07) is 8.28. The maximum atomic E-state index is 15.5. The number of thiophene rings is 1. The van der Waals surface area contributed by atoms with Crippen molar-refractivity contribution in [3.63, 3.8) is 0 Å². The number of β-amino-alcohol motifs (C(OH)–C–C–N with tert-alkyl or cyclic N) is 1. The fraction of sp³-hybridized carbons (Fsp3) is 0.559. The van der Waals surface area contributed by atoms with Crippen LogP contribution >= 0.6 is 11.3 Å². The summed E-state index contributed by atoms with van der Waals surface area (Å²) in [4.78, 5) is 230. The predicted octanol–water partition coefficient (Wildman–Crippen LogP) is -4.71. The van der Waals surface area contributed by atoms with Crippen LogP contribution in [0.4, 0.5) is 0 Å². The highest BCUT2D eigenvalue weighted by molar-refractivity contribution is 7.09. The zero-order valence-corrected chi connectivity index (χ0v) is 79.4. The van der Waals surface area contributed by atoms with Crippen molar-refractivity contribution < 1.29 is 97.1 Å². The SMILES string of the molecule is C[C@@H](NC(=O)[C@@H](N)Cc1ccc(O)cc1)C(=O)NCC(=O)N[C@@H](Cc1ccccc1)C(=O)NCCCCCCCC(=O)NCC(N)C(=O)N[C@H](CCCNC(=N)N)C(=O)N[C@@H](CCCNC(=N)N)C(=O)N1CCC[C@H]1C(=O)N1CC(O)CC1C(=O)NCC(=O)NC(Cc1cccs1)C(=O)N[C@@H](CO)C(=O)N1Cc2ccccc2C[C@@H]1C(=O)N1C(C(=O)N[C@@H](CCCNC(=N)N)C(=O)O)CC2CCCCC21. The number of carboxylic acids is 1. The number of phenols is 1. The van der Waals surface area contributed by atoms with Gasteiger partial charge in [0.1, 0.15) is 78.3 Å². The molecule has 46 nitrogen and oxygen atoms in total. The molecule has 1 aromatic heterocycles. The molecule has 31 N–H and O–H groups in total. The highest BCUT2D eigenvalue weighted by Gasteiger charge is 2.53. The number of aliphatic carboxylic acids is 1. The number of amides is 15. The van der Waals surface area contributed by atoms with Crippen molar-refractivity contribution in [2.45, 2.75) is 258 Å². The number of unbranched alkanes of at least 4 members (excludes halogenated alkanes) is 4. The molecule has 1 aliphatic carbocycles. The van der Waals surface area contributed by atoms with Crippen LogP contribution in [0, 0.1) is 22.1 Å². The molecule has 16 atom stereocenters. The number of nitrogens with one attached hydrogen (secondary N) is 17. The number of nitrogens with zero attached hydrogens (tertiary/aromatic N) is 4. The van der Waals surface area contributed by atoms with Crippen molar-refractivity contribution in [2.24, 2.45) is 34.6 Å². The highest BCUT2D eigenvalue weighted by atomic mass is 32.1. The molecule has 5 heterocycles. The van der Waals surface area contributed by atoms with Crippen LogP contribution in [-0.2, 0) is 109 Å². The summed E-state index contributed by atoms with van der Waals surface area (Å²) in [7, 11) is 0. The fourth-order valence-electron chi connectivity index (χ4n) is 18.0. The second kappa shape index (κ2) is 55.2. The van der Waals surface area contributed by atoms with Gasteiger partial charge >= 0.3 is 5.97 Å². The monoisotopic (exact) mass is 1970 g/mol. The number of aromatic hydroxyl groups is 1. The van der Waals surface area contributed by atoms with Gasteiger partial charge in [0.05, 0.1) is 31.8 Å². The predicted molar refractivity (Wildman–Crippen MR) is 513 cm³/mol. The fourth-order valence-corrected chi connectivity index (χ4v) is 18.8. The van der Waals surface area contributed by atoms with Crippen LogP contribution in [0.1, 0.15) is 162 Å². The van der Waals surface area contributed by atoms with E-state index in [-0.39, 0.29) is 178 Å². The molecule has 1 saturated carbocycles. The Morgan fingerprint density at radius 2 is 1.04 bits per heavy atom. The summed E-state index contributed by atoms with van der Waals surface area (Å²) in [5, 5.41) is 103. The van der Waals surface area contributed by atoms with E-state index >= 15 is 14.4 Å². The zero-order valence-electron chi connectivity index (χ0n) is 78.6. The number of carbonyl (C=O) groups excluding carboxylic acids is 15. The van der Waals surface area contributed by atoms with Crippen molar-refractivity contribution in [1.29, 1.82) is 16.2 Å². The molecule has 47 heteroatoms. The molecule has 764 valence electrons. The molecule has 4 aliphatic heterocycles. The first-order chi connectivity index (χ1) is 67.0. The lowest BCUT2D eigenvalue weighted by atomic mass is 9.84. The lowest BCUT2D eigenvalue weighted by molar-refractivity contribution is -0.153. The topological polar surface area (TPSA) is 737 Å². The summed E-state index contributed by atoms with van der Waals surface area (Å²) in [5.74, 6) is -13.4. The molecule has 4 aromatic rings. The number of nitrogens with two attached hydrogens (primary N) is 5. The summed E-state index contributed by atoms with van der Waals surface area (Å²) in [5.41, 5.74) is 31.7. The number of guanidine groups is 3. The number of carboxylic acid groups (broad SMARTS) is 1. The van der Waals surface area contributed by atoms with Gasteiger partial charge in [-0.3, -0.25) is 88.1 Å². The molecule has 15 amide bonds. The van der Waals surface area contributed by atoms with Crippen molar-refractivity contribution in [2.75, 3.05) is 65.5 Å². The summed E-state index contributed by atoms with van der Waals surface area (Å²) in [6.45, 7) is -1.22. The van der Waals surface area contributed by atoms with Gasteiger partial charge in [0.2, 0.25) is 88.6 Å². The van der Waals surface area contributed by atoms with Crippen LogP contribution in [0.25, 0.3) is 0 Å². The van der Waals surface area contributed by atoms with E-state index in [9.17, 15) is 82.8 Å². The maximum Gasteiger partial charge on any atom is 0.326 e. The third-order valence-electron chi connectivity index (χ3n) is 25.4. The quantitative estimate of drug-likeness (QED) is 0.0112. The van der Waals surface area contributed by atoms with Gasteiger partial charge in [0.15, 0.2) is 17.9 Å². The van der Waals surface area contributed by atoms with Gasteiger partial charge in [-0.25, -0.2) is 4.79 Å². The summed E-state index contributed by atoms with van der Waals surface area (Å²) < 4.78 is 0. The molecule has 4 fully saturated rings. The van der Waals surface area contributed by atoms with Gasteiger partial charge in [-0.15, -0.1) is 11.3 Å². The average Bonchev–Trinajstić information content (AvgIpc) is 1.62. The molecule has 9 rings (SSSR count). The van der Waals surface area contributed by atoms with E-state index in [1.807, 2.05) is 0 Å². The van der Waals surface area contributed by atoms with Gasteiger partial charge in [0.25, 0.3) is 0 Å². The highest BCUT2D eigenvalue weighted by Crippen LogP contribution is 2.42. The van der Waals surface area contributed by atoms with Gasteiger partial charge < -0.3 is 143 Å². The molecule has 0 spiro atoms. The van der Waals surface area contributed by atoms with E-state index in [0.717, 1.165) is 28.9 Å². The molecule has 0 radical (unpaired) electrons. The molecule has 140 heavy (non-hydrogen) atoms. The lowest BCUT2D eigenvalue weighted by Gasteiger charge is -2.42. The molecule has 7 unspecified atom stereocenters. The summed E-state index contributed by atoms with van der Waals surface area (Å²) >= 11 is 1.24. The lowest BCUT2D eigenvalue weighted by Crippen LogP contribution is -2.63. The molecule has 3 saturated heterocycles. The van der Waals surface area contributed by atoms with E-state index in [1.165, 1.54) is 45.1 Å². The molecule has 5 aliphatic rings. The number of phenolic OH excluding ortho intramolecular Hbond substituents is 1. The second-order valence-electron chi connectivity index (χ2n) is 35.9. The minimum Gasteiger partial charge on any atom is -0.508 e. The number of aliphatic hydroxyl groups excluding tert-OH is 2. The zero-order chi connectivity index (χ0) is 102. The first-order valence-corrected chi connectivity index (χ1v) is 48.5. The molecule has 3 aromatic carbocycles. The summed E-state index contributed by atoms with van der Waals surface area (Å²) in [6.07, 6.45) is 5.11. The van der Waals surface area contributed by atoms with Crippen LogP contribution in [-0.4, -0.2) is 309 Å². The molecule has 0 bridgehead atoms. The van der Waals surface area contributed by atoms with Crippen molar-refractivity contribution in [3.8, 4) is 5.75 Å². The van der Waals surface area contributed by atoms with E-state index in [2.05, 4.69) is 74.4 Å². The molecular formula is C93H136N26O20S. The van der Waals surface area contributed by atoms with Crippen LogP contribution < -0.4 is 103 Å². The Morgan fingerprint density at radius 1 is 0.464 bits per heavy atom. The first kappa shape index (κ1) is 110. The largest absolute Gasteiger partial charge is 0.508 e. The molecular weight excluding hydrogens is 1830 g/mol. The van der Waals surface area contributed by atoms with E-state index < -0.39 is 205 Å². The van der Waals surface area contributed by atoms with E-state index in [0.29, 0.717) is 60.9 Å². The average molecular weight is 1970 g/mol. The maximum absolute atomic E-state index is 15.5. The Morgan fingerprint density at radius 3 is 1.69 bits per heavy atom. The number of hydrogen-bond donors (Lipinski definition) is 26. The first-order valence-electron chi connectivity index (χ1n) is 47.6. The Labute approximate surface area is 814 Å². The van der Waals surface area contributed by atoms with Crippen LogP contribution in [0.5, 0.6) is 5.75 Å². The minimum absolute atomic E-state index is 0.0165. The smallest absolute Gasteiger partial charge is 0.326 e. The van der Waals surface area contributed by atoms with E-state index in [4.69, 9.17) is 44.9 Å². The number of likely N-dealkylation sites (tertiary alicyclic amines) is 3. The van der Waals surface area contributed by atoms with Crippen molar-refractivity contribution >= 4 is 124 Å². The third-order valence-corrected chi connectivity index (χ3v) is 26.3. The van der Waals surface area contributed by atoms with Gasteiger partial charge in [-0.2, -0.15) is 0 Å². The third kappa shape index (κ3) is 33.9. The number of rotatable bonds is 53. The Balaban J connectivity index is 0.756.